The molecular formula is C15H16N2O3+2. The Morgan fingerprint density at radius 3 is 2.10 bits per heavy atom. The van der Waals surface area contributed by atoms with Gasteiger partial charge in [0, 0.05) is 18.4 Å². The number of rotatable bonds is 0. The quantitative estimate of drug-likeness (QED) is 0.552. The number of hydrogen-bond donors (Lipinski definition) is 2. The summed E-state index contributed by atoms with van der Waals surface area (Å²) in [4.78, 5) is 12.5. The molecule has 1 aromatic rings. The van der Waals surface area contributed by atoms with Crippen LogP contribution in [0.2, 0.25) is 0 Å². The van der Waals surface area contributed by atoms with Crippen molar-refractivity contribution in [3.05, 3.63) is 35.4 Å². The van der Waals surface area contributed by atoms with Crippen molar-refractivity contribution >= 4 is 17.2 Å². The summed E-state index contributed by atoms with van der Waals surface area (Å²) >= 11 is 0. The molecule has 2 N–H and O–H groups in total. The Morgan fingerprint density at radius 2 is 1.45 bits per heavy atom. The molecule has 20 heavy (non-hydrogen) atoms. The fourth-order valence-electron chi connectivity index (χ4n) is 3.69. The van der Waals surface area contributed by atoms with Gasteiger partial charge in [-0.15, -0.1) is 0 Å². The van der Waals surface area contributed by atoms with E-state index in [1.54, 1.807) is 12.1 Å². The lowest BCUT2D eigenvalue weighted by molar-refractivity contribution is -0.875. The molecule has 3 aliphatic rings. The maximum absolute atomic E-state index is 12.5. The fourth-order valence-corrected chi connectivity index (χ4v) is 3.69. The summed E-state index contributed by atoms with van der Waals surface area (Å²) in [5.41, 5.74) is 1.93. The lowest BCUT2D eigenvalue weighted by atomic mass is 9.89. The SMILES string of the molecule is O=C1C2=[N+](O)[C@H]3CCCC[C@H]3[N+](O)=C2c2ccccc21. The maximum atomic E-state index is 12.5. The van der Waals surface area contributed by atoms with Crippen LogP contribution >= 0.6 is 0 Å². The molecule has 0 bridgehead atoms. The zero-order valence-electron chi connectivity index (χ0n) is 11.0. The molecule has 0 amide bonds. The van der Waals surface area contributed by atoms with E-state index in [1.807, 2.05) is 12.1 Å². The van der Waals surface area contributed by atoms with Crippen molar-refractivity contribution in [2.75, 3.05) is 0 Å². The van der Waals surface area contributed by atoms with Gasteiger partial charge in [-0.05, 0) is 34.5 Å². The minimum absolute atomic E-state index is 0.147. The van der Waals surface area contributed by atoms with E-state index in [-0.39, 0.29) is 23.6 Å². The first-order chi connectivity index (χ1) is 9.70. The number of nitrogens with zero attached hydrogens (tertiary/aromatic N) is 2. The molecule has 0 unspecified atom stereocenters. The van der Waals surface area contributed by atoms with Crippen LogP contribution in [0, 0.1) is 0 Å². The number of Topliss-reactive ketones (excluding diaryl/α,β-unsaturated/α-hetero) is 1. The molecule has 1 saturated carbocycles. The molecule has 5 nitrogen and oxygen atoms in total. The van der Waals surface area contributed by atoms with Gasteiger partial charge in [-0.3, -0.25) is 15.2 Å². The monoisotopic (exact) mass is 272 g/mol. The molecule has 5 heteroatoms. The third-order valence-corrected chi connectivity index (χ3v) is 4.65. The van der Waals surface area contributed by atoms with Crippen molar-refractivity contribution in [1.29, 1.82) is 0 Å². The minimum atomic E-state index is -0.207. The van der Waals surface area contributed by atoms with Crippen LogP contribution in [0.3, 0.4) is 0 Å². The molecule has 1 aromatic carbocycles. The van der Waals surface area contributed by atoms with Gasteiger partial charge >= 0.3 is 11.4 Å². The number of fused-ring (bicyclic) bond motifs is 4. The molecule has 2 atom stereocenters. The predicted octanol–water partition coefficient (Wildman–Crippen LogP) is 1.24. The lowest BCUT2D eigenvalue weighted by Gasteiger charge is -2.23. The lowest BCUT2D eigenvalue weighted by Crippen LogP contribution is -2.55. The van der Waals surface area contributed by atoms with Crippen LogP contribution in [0.15, 0.2) is 24.3 Å². The molecule has 0 aromatic heterocycles. The second-order valence-corrected chi connectivity index (χ2v) is 5.68. The average molecular weight is 272 g/mol. The number of hydroxylamine groups is 2. The standard InChI is InChI=1S/C15H16N2O3/c18-15-10-6-2-1-5-9(10)13-14(15)17(20)12-8-4-3-7-11(12)16(13)19/h1-2,5-6,11-12,19-20H,3-4,7-8H2/q+2/t11-,12+/m1/s1. The summed E-state index contributed by atoms with van der Waals surface area (Å²) in [7, 11) is 0. The number of carbonyl (C=O) groups is 1. The van der Waals surface area contributed by atoms with Gasteiger partial charge in [-0.1, -0.05) is 12.1 Å². The highest BCUT2D eigenvalue weighted by molar-refractivity contribution is 6.75. The van der Waals surface area contributed by atoms with Crippen LogP contribution in [0.25, 0.3) is 0 Å². The van der Waals surface area contributed by atoms with E-state index < -0.39 is 0 Å². The molecule has 1 aliphatic heterocycles. The Kier molecular flexibility index (Phi) is 2.28. The first-order valence-corrected chi connectivity index (χ1v) is 7.04. The zero-order valence-corrected chi connectivity index (χ0v) is 11.0. The van der Waals surface area contributed by atoms with Crippen LogP contribution in [0.5, 0.6) is 0 Å². The predicted molar refractivity (Wildman–Crippen MR) is 70.0 cm³/mol. The molecule has 0 spiro atoms. The second kappa shape index (κ2) is 3.91. The summed E-state index contributed by atoms with van der Waals surface area (Å²) < 4.78 is 2.32. The van der Waals surface area contributed by atoms with E-state index in [4.69, 9.17) is 0 Å². The first kappa shape index (κ1) is 11.6. The van der Waals surface area contributed by atoms with Crippen molar-refractivity contribution in [2.24, 2.45) is 0 Å². The first-order valence-electron chi connectivity index (χ1n) is 7.04. The highest BCUT2D eigenvalue weighted by atomic mass is 16.5. The number of benzene rings is 1. The van der Waals surface area contributed by atoms with Crippen molar-refractivity contribution in [3.63, 3.8) is 0 Å². The number of carbonyl (C=O) groups excluding carboxylic acids is 1. The Balaban J connectivity index is 2.00. The molecule has 2 aliphatic carbocycles. The third kappa shape index (κ3) is 1.30. The smallest absolute Gasteiger partial charge is 0.289 e. The van der Waals surface area contributed by atoms with Crippen molar-refractivity contribution in [2.45, 2.75) is 37.8 Å². The highest BCUT2D eigenvalue weighted by Gasteiger charge is 2.59. The summed E-state index contributed by atoms with van der Waals surface area (Å²) in [5.74, 6) is -0.207. The topological polar surface area (TPSA) is 63.5 Å². The van der Waals surface area contributed by atoms with Crippen LogP contribution in [-0.4, -0.2) is 49.2 Å². The second-order valence-electron chi connectivity index (χ2n) is 5.68. The number of ketones is 1. The van der Waals surface area contributed by atoms with Gasteiger partial charge < -0.3 is 0 Å². The zero-order chi connectivity index (χ0) is 13.9. The van der Waals surface area contributed by atoms with E-state index in [0.717, 1.165) is 30.4 Å². The van der Waals surface area contributed by atoms with Gasteiger partial charge in [0.05, 0.1) is 5.56 Å². The van der Waals surface area contributed by atoms with E-state index in [9.17, 15) is 15.2 Å². The summed E-state index contributed by atoms with van der Waals surface area (Å²) in [6, 6.07) is 6.84. The van der Waals surface area contributed by atoms with E-state index in [2.05, 4.69) is 0 Å². The Hall–Kier alpha value is -2.17. The average Bonchev–Trinajstić information content (AvgIpc) is 2.79. The van der Waals surface area contributed by atoms with E-state index in [1.165, 1.54) is 4.74 Å². The molecule has 4 rings (SSSR count). The molecular weight excluding hydrogens is 256 g/mol. The molecule has 1 heterocycles. The van der Waals surface area contributed by atoms with Crippen molar-refractivity contribution < 1.29 is 24.7 Å². The number of hydrogen-bond acceptors (Lipinski definition) is 3. The van der Waals surface area contributed by atoms with E-state index in [0.29, 0.717) is 16.8 Å². The molecule has 102 valence electrons. The van der Waals surface area contributed by atoms with Crippen molar-refractivity contribution in [3.8, 4) is 0 Å². The Labute approximate surface area is 116 Å². The fraction of sp³-hybridized carbons (Fsp3) is 0.400. The summed E-state index contributed by atoms with van der Waals surface area (Å²) in [6.07, 6.45) is 3.66. The molecule has 0 radical (unpaired) electrons. The Morgan fingerprint density at radius 1 is 0.900 bits per heavy atom. The third-order valence-electron chi connectivity index (χ3n) is 4.65. The highest BCUT2D eigenvalue weighted by Crippen LogP contribution is 2.30. The van der Waals surface area contributed by atoms with Crippen LogP contribution < -0.4 is 0 Å². The van der Waals surface area contributed by atoms with Crippen LogP contribution in [-0.2, 0) is 0 Å². The van der Waals surface area contributed by atoms with Crippen LogP contribution in [0.1, 0.15) is 41.6 Å². The van der Waals surface area contributed by atoms with E-state index >= 15 is 0 Å². The van der Waals surface area contributed by atoms with Gasteiger partial charge in [-0.25, -0.2) is 0 Å². The normalized spacial score (nSPS) is 28.3. The summed E-state index contributed by atoms with van der Waals surface area (Å²) in [6.45, 7) is 0. The van der Waals surface area contributed by atoms with Gasteiger partial charge in [0.25, 0.3) is 17.9 Å². The molecule has 0 saturated heterocycles. The Bertz CT molecular complexity index is 690. The van der Waals surface area contributed by atoms with Gasteiger partial charge in [-0.2, -0.15) is 0 Å². The van der Waals surface area contributed by atoms with Gasteiger partial charge in [0.15, 0.2) is 0 Å². The van der Waals surface area contributed by atoms with Gasteiger partial charge in [0.2, 0.25) is 0 Å². The van der Waals surface area contributed by atoms with Crippen molar-refractivity contribution in [1.82, 2.24) is 0 Å². The molecule has 1 fully saturated rings. The van der Waals surface area contributed by atoms with Gasteiger partial charge in [0.1, 0.15) is 0 Å². The summed E-state index contributed by atoms with van der Waals surface area (Å²) in [5, 5.41) is 21.0. The minimum Gasteiger partial charge on any atom is -0.289 e. The largest absolute Gasteiger partial charge is 0.374 e. The maximum Gasteiger partial charge on any atom is 0.374 e. The van der Waals surface area contributed by atoms with Crippen LogP contribution in [0.4, 0.5) is 0 Å².